The molecule has 0 aromatic heterocycles. The largest absolute Gasteiger partial charge is 0.312 e. The van der Waals surface area contributed by atoms with Gasteiger partial charge in [0.05, 0.1) is 5.75 Å². The van der Waals surface area contributed by atoms with Crippen LogP contribution in [0.25, 0.3) is 0 Å². The normalized spacial score (nSPS) is 23.2. The van der Waals surface area contributed by atoms with Gasteiger partial charge < -0.3 is 10.2 Å². The molecular weight excluding hydrogens is 248 g/mol. The van der Waals surface area contributed by atoms with Gasteiger partial charge in [0.15, 0.2) is 9.84 Å². The van der Waals surface area contributed by atoms with Gasteiger partial charge in [0, 0.05) is 24.9 Å². The third-order valence-electron chi connectivity index (χ3n) is 3.55. The smallest absolute Gasteiger partial charge is 0.151 e. The number of hydrogen-bond donors (Lipinski definition) is 1. The molecule has 0 bridgehead atoms. The monoisotopic (exact) mass is 276 g/mol. The zero-order valence-corrected chi connectivity index (χ0v) is 12.8. The zero-order chi connectivity index (χ0) is 13.6. The molecule has 0 aromatic carbocycles. The van der Waals surface area contributed by atoms with Crippen LogP contribution in [0.5, 0.6) is 0 Å². The highest BCUT2D eigenvalue weighted by Gasteiger charge is 2.21. The Bertz CT molecular complexity index is 328. The zero-order valence-electron chi connectivity index (χ0n) is 12.0. The molecule has 1 heterocycles. The standard InChI is InChI=1S/C13H28N2O2S/c1-4-9-18(16,17)10-8-15-7-5-6-14-13(11-15)12(2)3/h12-14H,4-11H2,1-3H3. The summed E-state index contributed by atoms with van der Waals surface area (Å²) < 4.78 is 23.5. The summed E-state index contributed by atoms with van der Waals surface area (Å²) in [6, 6.07) is 0.487. The number of nitrogens with zero attached hydrogens (tertiary/aromatic N) is 1. The molecule has 0 saturated carbocycles. The lowest BCUT2D eigenvalue weighted by Crippen LogP contribution is -2.42. The Morgan fingerprint density at radius 1 is 1.33 bits per heavy atom. The number of sulfone groups is 1. The Balaban J connectivity index is 2.45. The van der Waals surface area contributed by atoms with E-state index < -0.39 is 9.84 Å². The lowest BCUT2D eigenvalue weighted by atomic mass is 10.0. The van der Waals surface area contributed by atoms with E-state index >= 15 is 0 Å². The van der Waals surface area contributed by atoms with Crippen LogP contribution in [0, 0.1) is 5.92 Å². The van der Waals surface area contributed by atoms with E-state index in [4.69, 9.17) is 0 Å². The second kappa shape index (κ2) is 7.46. The van der Waals surface area contributed by atoms with E-state index in [1.54, 1.807) is 0 Å². The molecule has 0 radical (unpaired) electrons. The number of rotatable bonds is 6. The predicted octanol–water partition coefficient (Wildman–Crippen LogP) is 1.13. The van der Waals surface area contributed by atoms with Crippen molar-refractivity contribution in [1.29, 1.82) is 0 Å². The first-order valence-corrected chi connectivity index (χ1v) is 8.93. The molecule has 0 spiro atoms. The molecular formula is C13H28N2O2S. The molecule has 1 rings (SSSR count). The molecule has 0 amide bonds. The summed E-state index contributed by atoms with van der Waals surface area (Å²) in [5.41, 5.74) is 0. The average molecular weight is 276 g/mol. The van der Waals surface area contributed by atoms with Gasteiger partial charge in [0.1, 0.15) is 0 Å². The molecule has 1 atom stereocenters. The first-order valence-electron chi connectivity index (χ1n) is 7.10. The van der Waals surface area contributed by atoms with E-state index in [1.165, 1.54) is 0 Å². The van der Waals surface area contributed by atoms with E-state index in [0.29, 0.717) is 30.0 Å². The fraction of sp³-hybridized carbons (Fsp3) is 1.00. The molecule has 1 saturated heterocycles. The van der Waals surface area contributed by atoms with Crippen molar-refractivity contribution in [2.75, 3.05) is 37.7 Å². The Kier molecular flexibility index (Phi) is 6.60. The Morgan fingerprint density at radius 2 is 2.06 bits per heavy atom. The van der Waals surface area contributed by atoms with E-state index in [-0.39, 0.29) is 0 Å². The van der Waals surface area contributed by atoms with Gasteiger partial charge in [-0.1, -0.05) is 20.8 Å². The lowest BCUT2D eigenvalue weighted by Gasteiger charge is -2.26. The van der Waals surface area contributed by atoms with E-state index in [1.807, 2.05) is 6.92 Å². The van der Waals surface area contributed by atoms with E-state index in [9.17, 15) is 8.42 Å². The molecule has 1 fully saturated rings. The van der Waals surface area contributed by atoms with Crippen LogP contribution in [-0.4, -0.2) is 57.0 Å². The minimum Gasteiger partial charge on any atom is -0.312 e. The molecule has 0 aliphatic carbocycles. The number of hydrogen-bond acceptors (Lipinski definition) is 4. The summed E-state index contributed by atoms with van der Waals surface area (Å²) in [4.78, 5) is 2.30. The van der Waals surface area contributed by atoms with Gasteiger partial charge in [-0.15, -0.1) is 0 Å². The minimum atomic E-state index is -2.84. The quantitative estimate of drug-likeness (QED) is 0.790. The van der Waals surface area contributed by atoms with Crippen LogP contribution in [0.1, 0.15) is 33.6 Å². The maximum Gasteiger partial charge on any atom is 0.151 e. The maximum atomic E-state index is 11.7. The van der Waals surface area contributed by atoms with Crippen molar-refractivity contribution in [1.82, 2.24) is 10.2 Å². The maximum absolute atomic E-state index is 11.7. The topological polar surface area (TPSA) is 49.4 Å². The van der Waals surface area contributed by atoms with Crippen molar-refractivity contribution < 1.29 is 8.42 Å². The fourth-order valence-corrected chi connectivity index (χ4v) is 3.72. The van der Waals surface area contributed by atoms with Crippen molar-refractivity contribution in [2.45, 2.75) is 39.7 Å². The highest BCUT2D eigenvalue weighted by Crippen LogP contribution is 2.09. The van der Waals surface area contributed by atoms with E-state index in [2.05, 4.69) is 24.1 Å². The SMILES string of the molecule is CCCS(=O)(=O)CCN1CCCNC(C(C)C)C1. The van der Waals surface area contributed by atoms with Crippen LogP contribution in [0.15, 0.2) is 0 Å². The summed E-state index contributed by atoms with van der Waals surface area (Å²) in [7, 11) is -2.84. The molecule has 1 unspecified atom stereocenters. The third kappa shape index (κ3) is 5.67. The molecule has 5 heteroatoms. The lowest BCUT2D eigenvalue weighted by molar-refractivity contribution is 0.257. The Labute approximate surface area is 112 Å². The van der Waals surface area contributed by atoms with Crippen molar-refractivity contribution in [3.63, 3.8) is 0 Å². The molecule has 108 valence electrons. The van der Waals surface area contributed by atoms with Gasteiger partial charge in [-0.2, -0.15) is 0 Å². The Hall–Kier alpha value is -0.130. The van der Waals surface area contributed by atoms with Gasteiger partial charge in [0.2, 0.25) is 0 Å². The second-order valence-corrected chi connectivity index (χ2v) is 7.91. The van der Waals surface area contributed by atoms with Gasteiger partial charge >= 0.3 is 0 Å². The number of nitrogens with one attached hydrogen (secondary N) is 1. The Morgan fingerprint density at radius 3 is 2.67 bits per heavy atom. The molecule has 1 aliphatic heterocycles. The van der Waals surface area contributed by atoms with Crippen LogP contribution in [0.3, 0.4) is 0 Å². The van der Waals surface area contributed by atoms with Gasteiger partial charge in [-0.3, -0.25) is 0 Å². The highest BCUT2D eigenvalue weighted by atomic mass is 32.2. The van der Waals surface area contributed by atoms with E-state index in [0.717, 1.165) is 32.5 Å². The summed E-state index contributed by atoms with van der Waals surface area (Å²) in [6.07, 6.45) is 1.83. The molecule has 18 heavy (non-hydrogen) atoms. The molecule has 0 aromatic rings. The predicted molar refractivity (Wildman–Crippen MR) is 76.6 cm³/mol. The summed E-state index contributed by atoms with van der Waals surface area (Å²) in [6.45, 7) is 10.1. The van der Waals surface area contributed by atoms with Crippen molar-refractivity contribution in [3.8, 4) is 0 Å². The van der Waals surface area contributed by atoms with Crippen LogP contribution in [0.2, 0.25) is 0 Å². The fourth-order valence-electron chi connectivity index (χ4n) is 2.35. The molecule has 1 N–H and O–H groups in total. The van der Waals surface area contributed by atoms with Crippen LogP contribution in [-0.2, 0) is 9.84 Å². The highest BCUT2D eigenvalue weighted by molar-refractivity contribution is 7.91. The van der Waals surface area contributed by atoms with Crippen molar-refractivity contribution in [3.05, 3.63) is 0 Å². The van der Waals surface area contributed by atoms with Crippen LogP contribution in [0.4, 0.5) is 0 Å². The second-order valence-electron chi connectivity index (χ2n) is 5.61. The summed E-state index contributed by atoms with van der Waals surface area (Å²) in [5.74, 6) is 1.23. The summed E-state index contributed by atoms with van der Waals surface area (Å²) >= 11 is 0. The summed E-state index contributed by atoms with van der Waals surface area (Å²) in [5, 5.41) is 3.54. The van der Waals surface area contributed by atoms with Crippen LogP contribution >= 0.6 is 0 Å². The third-order valence-corrected chi connectivity index (χ3v) is 5.39. The molecule has 1 aliphatic rings. The van der Waals surface area contributed by atoms with Gasteiger partial charge in [-0.25, -0.2) is 8.42 Å². The minimum absolute atomic E-state index is 0.311. The first-order chi connectivity index (χ1) is 8.44. The first kappa shape index (κ1) is 15.9. The average Bonchev–Trinajstić information content (AvgIpc) is 2.51. The molecule has 4 nitrogen and oxygen atoms in total. The van der Waals surface area contributed by atoms with Crippen molar-refractivity contribution >= 4 is 9.84 Å². The van der Waals surface area contributed by atoms with Gasteiger partial charge in [-0.05, 0) is 31.8 Å². The van der Waals surface area contributed by atoms with Crippen molar-refractivity contribution in [2.24, 2.45) is 5.92 Å². The van der Waals surface area contributed by atoms with Gasteiger partial charge in [0.25, 0.3) is 0 Å². The van der Waals surface area contributed by atoms with Crippen LogP contribution < -0.4 is 5.32 Å².